The molecule has 1 fully saturated rings. The Morgan fingerprint density at radius 1 is 1.57 bits per heavy atom. The Morgan fingerprint density at radius 3 is 2.95 bits per heavy atom. The van der Waals surface area contributed by atoms with Gasteiger partial charge >= 0.3 is 5.97 Å². The third-order valence-corrected chi connectivity index (χ3v) is 4.41. The number of benzene rings is 1. The van der Waals surface area contributed by atoms with Crippen LogP contribution in [0.3, 0.4) is 0 Å². The lowest BCUT2D eigenvalue weighted by molar-refractivity contribution is -0.133. The molecule has 1 N–H and O–H groups in total. The zero-order valence-corrected chi connectivity index (χ0v) is 12.3. The minimum Gasteiger partial charge on any atom is -0.494 e. The van der Waals surface area contributed by atoms with Crippen molar-refractivity contribution in [1.82, 2.24) is 9.55 Å². The minimum atomic E-state index is -0.895. The number of aromatic nitrogens is 2. The molecular weight excluding hydrogens is 295 g/mol. The summed E-state index contributed by atoms with van der Waals surface area (Å²) in [6.45, 7) is 0.785. The van der Waals surface area contributed by atoms with Crippen LogP contribution >= 0.6 is 11.8 Å². The number of thioether (sulfide) groups is 1. The molecule has 1 aromatic heterocycles. The van der Waals surface area contributed by atoms with Gasteiger partial charge < -0.3 is 14.4 Å². The maximum absolute atomic E-state index is 13.8. The largest absolute Gasteiger partial charge is 0.494 e. The SMILES string of the molecule is COc1cc2c(cc1F)nc(SCC(=O)O)n2CC1CC1. The molecule has 1 aromatic carbocycles. The maximum Gasteiger partial charge on any atom is 0.313 e. The summed E-state index contributed by atoms with van der Waals surface area (Å²) in [5, 5.41) is 9.44. The Hall–Kier alpha value is -1.76. The predicted molar refractivity (Wildman–Crippen MR) is 77.3 cm³/mol. The van der Waals surface area contributed by atoms with Gasteiger partial charge in [-0.2, -0.15) is 0 Å². The molecule has 3 rings (SSSR count). The first kappa shape index (κ1) is 14.2. The number of methoxy groups -OCH3 is 1. The zero-order valence-electron chi connectivity index (χ0n) is 11.5. The summed E-state index contributed by atoms with van der Waals surface area (Å²) in [7, 11) is 1.42. The molecule has 21 heavy (non-hydrogen) atoms. The fraction of sp³-hybridized carbons (Fsp3) is 0.429. The van der Waals surface area contributed by atoms with Crippen LogP contribution in [0.5, 0.6) is 5.75 Å². The van der Waals surface area contributed by atoms with Gasteiger partial charge in [-0.25, -0.2) is 9.37 Å². The maximum atomic E-state index is 13.8. The smallest absolute Gasteiger partial charge is 0.313 e. The number of fused-ring (bicyclic) bond motifs is 1. The topological polar surface area (TPSA) is 64.3 Å². The second kappa shape index (κ2) is 5.55. The van der Waals surface area contributed by atoms with E-state index in [1.807, 2.05) is 4.57 Å². The number of imidazole rings is 1. The molecule has 0 unspecified atom stereocenters. The monoisotopic (exact) mass is 310 g/mol. The quantitative estimate of drug-likeness (QED) is 0.831. The molecule has 0 bridgehead atoms. The van der Waals surface area contributed by atoms with E-state index in [-0.39, 0.29) is 11.5 Å². The predicted octanol–water partition coefficient (Wildman–Crippen LogP) is 2.77. The molecule has 0 amide bonds. The lowest BCUT2D eigenvalue weighted by Crippen LogP contribution is -2.04. The number of carboxylic acid groups (broad SMARTS) is 1. The van der Waals surface area contributed by atoms with E-state index in [1.165, 1.54) is 26.0 Å². The van der Waals surface area contributed by atoms with Gasteiger partial charge in [0, 0.05) is 18.7 Å². The third kappa shape index (κ3) is 2.97. The van der Waals surface area contributed by atoms with Gasteiger partial charge in [0.25, 0.3) is 0 Å². The van der Waals surface area contributed by atoms with Crippen molar-refractivity contribution >= 4 is 28.8 Å². The van der Waals surface area contributed by atoms with Crippen molar-refractivity contribution in [3.8, 4) is 5.75 Å². The number of carbonyl (C=O) groups is 1. The van der Waals surface area contributed by atoms with E-state index in [1.54, 1.807) is 6.07 Å². The third-order valence-electron chi connectivity index (χ3n) is 3.45. The van der Waals surface area contributed by atoms with Crippen molar-refractivity contribution in [2.75, 3.05) is 12.9 Å². The number of aliphatic carboxylic acids is 1. The summed E-state index contributed by atoms with van der Waals surface area (Å²) < 4.78 is 20.8. The summed E-state index contributed by atoms with van der Waals surface area (Å²) in [5.41, 5.74) is 1.31. The van der Waals surface area contributed by atoms with Crippen molar-refractivity contribution in [3.63, 3.8) is 0 Å². The first-order chi connectivity index (χ1) is 10.1. The number of hydrogen-bond donors (Lipinski definition) is 1. The first-order valence-corrected chi connectivity index (χ1v) is 7.65. The van der Waals surface area contributed by atoms with Crippen LogP contribution in [0.15, 0.2) is 17.3 Å². The van der Waals surface area contributed by atoms with Gasteiger partial charge in [0.15, 0.2) is 16.7 Å². The first-order valence-electron chi connectivity index (χ1n) is 6.67. The molecule has 1 saturated carbocycles. The van der Waals surface area contributed by atoms with Gasteiger partial charge in [-0.1, -0.05) is 11.8 Å². The normalized spacial score (nSPS) is 14.6. The summed E-state index contributed by atoms with van der Waals surface area (Å²) in [6.07, 6.45) is 2.34. The fourth-order valence-corrected chi connectivity index (χ4v) is 2.98. The fourth-order valence-electron chi connectivity index (χ4n) is 2.23. The van der Waals surface area contributed by atoms with Crippen LogP contribution < -0.4 is 4.74 Å². The van der Waals surface area contributed by atoms with Crippen molar-refractivity contribution in [1.29, 1.82) is 0 Å². The van der Waals surface area contributed by atoms with Crippen LogP contribution in [0.4, 0.5) is 4.39 Å². The Morgan fingerprint density at radius 2 is 2.33 bits per heavy atom. The molecule has 0 radical (unpaired) electrons. The Labute approximate surface area is 125 Å². The summed E-state index contributed by atoms with van der Waals surface area (Å²) in [5.74, 6) is -0.644. The molecular formula is C14H15FN2O3S. The van der Waals surface area contributed by atoms with E-state index in [9.17, 15) is 9.18 Å². The number of ether oxygens (including phenoxy) is 1. The molecule has 1 heterocycles. The van der Waals surface area contributed by atoms with E-state index >= 15 is 0 Å². The molecule has 7 heteroatoms. The number of nitrogens with zero attached hydrogens (tertiary/aromatic N) is 2. The molecule has 5 nitrogen and oxygen atoms in total. The van der Waals surface area contributed by atoms with Crippen molar-refractivity contribution in [3.05, 3.63) is 17.9 Å². The van der Waals surface area contributed by atoms with Gasteiger partial charge in [-0.3, -0.25) is 4.79 Å². The van der Waals surface area contributed by atoms with E-state index < -0.39 is 11.8 Å². The van der Waals surface area contributed by atoms with Crippen molar-refractivity contribution < 1.29 is 19.0 Å². The number of halogens is 1. The molecule has 1 aliphatic rings. The molecule has 112 valence electrons. The lowest BCUT2D eigenvalue weighted by atomic mass is 10.2. The van der Waals surface area contributed by atoms with Gasteiger partial charge in [0.05, 0.1) is 23.9 Å². The standard InChI is InChI=1S/C14H15FN2O3S/c1-20-12-5-11-10(4-9(12)15)16-14(21-7-13(18)19)17(11)6-8-2-3-8/h4-5,8H,2-3,6-7H2,1H3,(H,18,19). The highest BCUT2D eigenvalue weighted by molar-refractivity contribution is 7.99. The second-order valence-electron chi connectivity index (χ2n) is 5.11. The van der Waals surface area contributed by atoms with Crippen LogP contribution in [0.1, 0.15) is 12.8 Å². The summed E-state index contributed by atoms with van der Waals surface area (Å²) in [4.78, 5) is 15.1. The highest BCUT2D eigenvalue weighted by Crippen LogP contribution is 2.35. The molecule has 2 aromatic rings. The lowest BCUT2D eigenvalue weighted by Gasteiger charge is -2.08. The van der Waals surface area contributed by atoms with Gasteiger partial charge in [0.2, 0.25) is 0 Å². The van der Waals surface area contributed by atoms with Crippen molar-refractivity contribution in [2.45, 2.75) is 24.5 Å². The molecule has 0 aliphatic heterocycles. The average Bonchev–Trinajstić information content (AvgIpc) is 3.19. The molecule has 0 atom stereocenters. The van der Waals surface area contributed by atoms with Crippen molar-refractivity contribution in [2.24, 2.45) is 5.92 Å². The van der Waals surface area contributed by atoms with E-state index in [4.69, 9.17) is 9.84 Å². The van der Waals surface area contributed by atoms with E-state index in [0.717, 1.165) is 23.8 Å². The average molecular weight is 310 g/mol. The number of hydrogen-bond acceptors (Lipinski definition) is 4. The zero-order chi connectivity index (χ0) is 15.0. The Balaban J connectivity index is 2.04. The van der Waals surface area contributed by atoms with Crippen LogP contribution in [0.25, 0.3) is 11.0 Å². The van der Waals surface area contributed by atoms with Crippen LogP contribution in [0.2, 0.25) is 0 Å². The van der Waals surface area contributed by atoms with E-state index in [0.29, 0.717) is 16.6 Å². The van der Waals surface area contributed by atoms with E-state index in [2.05, 4.69) is 4.98 Å². The van der Waals surface area contributed by atoms with Gasteiger partial charge in [-0.05, 0) is 18.8 Å². The molecule has 0 saturated heterocycles. The summed E-state index contributed by atoms with van der Waals surface area (Å²) in [6, 6.07) is 2.97. The minimum absolute atomic E-state index is 0.0619. The number of carboxylic acids is 1. The summed E-state index contributed by atoms with van der Waals surface area (Å²) >= 11 is 1.16. The molecule has 1 aliphatic carbocycles. The highest BCUT2D eigenvalue weighted by atomic mass is 32.2. The Bertz CT molecular complexity index is 697. The van der Waals surface area contributed by atoms with Crippen LogP contribution in [-0.4, -0.2) is 33.5 Å². The number of rotatable bonds is 6. The van der Waals surface area contributed by atoms with Crippen LogP contribution in [-0.2, 0) is 11.3 Å². The van der Waals surface area contributed by atoms with Gasteiger partial charge in [-0.15, -0.1) is 0 Å². The second-order valence-corrected chi connectivity index (χ2v) is 6.05. The van der Waals surface area contributed by atoms with Gasteiger partial charge in [0.1, 0.15) is 0 Å². The van der Waals surface area contributed by atoms with Crippen LogP contribution in [0, 0.1) is 11.7 Å². The molecule has 0 spiro atoms. The Kier molecular flexibility index (Phi) is 3.75. The highest BCUT2D eigenvalue weighted by Gasteiger charge is 2.25.